The molecule has 0 fully saturated rings. The Morgan fingerprint density at radius 3 is 2.60 bits per heavy atom. The maximum Gasteiger partial charge on any atom is 0.313 e. The number of nitrogens with one attached hydrogen (secondary N) is 2. The Labute approximate surface area is 126 Å². The number of aliphatic hydroxyl groups is 1. The first kappa shape index (κ1) is 16.7. The van der Waals surface area contributed by atoms with E-state index in [4.69, 9.17) is 5.11 Å². The Kier molecular flexibility index (Phi) is 6.16. The third-order valence-corrected chi connectivity index (χ3v) is 3.30. The molecule has 0 bridgehead atoms. The number of benzene rings is 1. The van der Waals surface area contributed by atoms with E-state index < -0.39 is 11.8 Å². The Balaban J connectivity index is 2.50. The molecule has 0 unspecified atom stereocenters. The van der Waals surface area contributed by atoms with Gasteiger partial charge in [0.25, 0.3) is 0 Å². The van der Waals surface area contributed by atoms with Crippen LogP contribution in [-0.2, 0) is 9.59 Å². The zero-order valence-corrected chi connectivity index (χ0v) is 13.2. The van der Waals surface area contributed by atoms with E-state index in [-0.39, 0.29) is 12.0 Å². The predicted molar refractivity (Wildman–Crippen MR) is 81.3 cm³/mol. The fraction of sp³-hybridized carbons (Fsp3) is 0.429. The highest BCUT2D eigenvalue weighted by Crippen LogP contribution is 2.18. The maximum absolute atomic E-state index is 11.7. The highest BCUT2D eigenvalue weighted by molar-refractivity contribution is 9.10. The van der Waals surface area contributed by atoms with Crippen LogP contribution in [-0.4, -0.2) is 30.1 Å². The SMILES string of the molecule is CC(C)(CCO)CNC(=O)C(=O)Nc1cccc(Br)c1. The van der Waals surface area contributed by atoms with Crippen LogP contribution in [0.15, 0.2) is 28.7 Å². The number of hydrogen-bond donors (Lipinski definition) is 3. The molecule has 1 rings (SSSR count). The van der Waals surface area contributed by atoms with E-state index in [1.807, 2.05) is 19.9 Å². The molecule has 20 heavy (non-hydrogen) atoms. The number of carbonyl (C=O) groups is 2. The van der Waals surface area contributed by atoms with Crippen LogP contribution in [0.3, 0.4) is 0 Å². The van der Waals surface area contributed by atoms with E-state index in [1.165, 1.54) is 0 Å². The minimum Gasteiger partial charge on any atom is -0.396 e. The van der Waals surface area contributed by atoms with Gasteiger partial charge in [-0.25, -0.2) is 0 Å². The van der Waals surface area contributed by atoms with Crippen molar-refractivity contribution in [1.82, 2.24) is 5.32 Å². The van der Waals surface area contributed by atoms with E-state index >= 15 is 0 Å². The van der Waals surface area contributed by atoms with Crippen molar-refractivity contribution in [2.75, 3.05) is 18.5 Å². The molecule has 0 spiro atoms. The molecular formula is C14H19BrN2O3. The van der Waals surface area contributed by atoms with Gasteiger partial charge >= 0.3 is 11.8 Å². The zero-order valence-electron chi connectivity index (χ0n) is 11.6. The van der Waals surface area contributed by atoms with Crippen molar-refractivity contribution in [2.24, 2.45) is 5.41 Å². The van der Waals surface area contributed by atoms with Crippen molar-refractivity contribution in [1.29, 1.82) is 0 Å². The summed E-state index contributed by atoms with van der Waals surface area (Å²) in [7, 11) is 0. The number of anilines is 1. The van der Waals surface area contributed by atoms with Gasteiger partial charge in [0.2, 0.25) is 0 Å². The molecule has 0 heterocycles. The zero-order chi connectivity index (χ0) is 15.2. The van der Waals surface area contributed by atoms with Crippen LogP contribution in [0.5, 0.6) is 0 Å². The lowest BCUT2D eigenvalue weighted by Gasteiger charge is -2.23. The lowest BCUT2D eigenvalue weighted by molar-refractivity contribution is -0.136. The molecular weight excluding hydrogens is 324 g/mol. The van der Waals surface area contributed by atoms with Gasteiger partial charge in [-0.15, -0.1) is 0 Å². The standard InChI is InChI=1S/C14H19BrN2O3/c1-14(2,6-7-18)9-16-12(19)13(20)17-11-5-3-4-10(15)8-11/h3-5,8,18H,6-7,9H2,1-2H3,(H,16,19)(H,17,20). The molecule has 0 aliphatic carbocycles. The van der Waals surface area contributed by atoms with Gasteiger partial charge in [-0.1, -0.05) is 35.8 Å². The summed E-state index contributed by atoms with van der Waals surface area (Å²) < 4.78 is 0.819. The fourth-order valence-electron chi connectivity index (χ4n) is 1.54. The average Bonchev–Trinajstić information content (AvgIpc) is 2.36. The summed E-state index contributed by atoms with van der Waals surface area (Å²) in [4.78, 5) is 23.4. The Bertz CT molecular complexity index is 489. The molecule has 110 valence electrons. The highest BCUT2D eigenvalue weighted by atomic mass is 79.9. The van der Waals surface area contributed by atoms with Crippen molar-refractivity contribution in [2.45, 2.75) is 20.3 Å². The van der Waals surface area contributed by atoms with E-state index in [1.54, 1.807) is 18.2 Å². The van der Waals surface area contributed by atoms with Crippen molar-refractivity contribution >= 4 is 33.4 Å². The average molecular weight is 343 g/mol. The van der Waals surface area contributed by atoms with Crippen LogP contribution in [0.4, 0.5) is 5.69 Å². The second kappa shape index (κ2) is 7.40. The minimum absolute atomic E-state index is 0.0487. The van der Waals surface area contributed by atoms with Crippen LogP contribution in [0.2, 0.25) is 0 Å². The molecule has 0 atom stereocenters. The van der Waals surface area contributed by atoms with Gasteiger partial charge in [-0.2, -0.15) is 0 Å². The normalized spacial score (nSPS) is 11.0. The second-order valence-corrected chi connectivity index (χ2v) is 6.20. The first-order valence-corrected chi connectivity index (χ1v) is 7.09. The Hall–Kier alpha value is -1.40. The Morgan fingerprint density at radius 1 is 1.30 bits per heavy atom. The number of aliphatic hydroxyl groups excluding tert-OH is 1. The first-order chi connectivity index (χ1) is 9.34. The summed E-state index contributed by atoms with van der Waals surface area (Å²) in [5.41, 5.74) is 0.301. The third kappa shape index (κ3) is 5.71. The summed E-state index contributed by atoms with van der Waals surface area (Å²) in [6.45, 7) is 4.21. The largest absolute Gasteiger partial charge is 0.396 e. The van der Waals surface area contributed by atoms with Gasteiger partial charge in [0.15, 0.2) is 0 Å². The summed E-state index contributed by atoms with van der Waals surface area (Å²) in [6, 6.07) is 7.00. The fourth-order valence-corrected chi connectivity index (χ4v) is 1.94. The van der Waals surface area contributed by atoms with Crippen molar-refractivity contribution < 1.29 is 14.7 Å². The van der Waals surface area contributed by atoms with Crippen LogP contribution >= 0.6 is 15.9 Å². The molecule has 0 aromatic heterocycles. The van der Waals surface area contributed by atoms with Crippen LogP contribution in [0.25, 0.3) is 0 Å². The van der Waals surface area contributed by atoms with Gasteiger partial charge in [-0.3, -0.25) is 9.59 Å². The van der Waals surface area contributed by atoms with Gasteiger partial charge < -0.3 is 15.7 Å². The van der Waals surface area contributed by atoms with Gasteiger partial charge in [0.05, 0.1) is 0 Å². The first-order valence-electron chi connectivity index (χ1n) is 6.30. The predicted octanol–water partition coefficient (Wildman–Crippen LogP) is 1.91. The summed E-state index contributed by atoms with van der Waals surface area (Å²) in [5.74, 6) is -1.39. The van der Waals surface area contributed by atoms with Crippen LogP contribution in [0.1, 0.15) is 20.3 Å². The quantitative estimate of drug-likeness (QED) is 0.715. The summed E-state index contributed by atoms with van der Waals surface area (Å²) in [5, 5.41) is 14.0. The van der Waals surface area contributed by atoms with E-state index in [9.17, 15) is 9.59 Å². The molecule has 0 saturated carbocycles. The van der Waals surface area contributed by atoms with E-state index in [0.717, 1.165) is 4.47 Å². The highest BCUT2D eigenvalue weighted by Gasteiger charge is 2.21. The molecule has 3 N–H and O–H groups in total. The summed E-state index contributed by atoms with van der Waals surface area (Å²) >= 11 is 3.29. The van der Waals surface area contributed by atoms with Crippen LogP contribution < -0.4 is 10.6 Å². The van der Waals surface area contributed by atoms with Crippen molar-refractivity contribution in [3.8, 4) is 0 Å². The van der Waals surface area contributed by atoms with E-state index in [2.05, 4.69) is 26.6 Å². The molecule has 1 aromatic rings. The molecule has 0 aliphatic heterocycles. The smallest absolute Gasteiger partial charge is 0.313 e. The molecule has 6 heteroatoms. The van der Waals surface area contributed by atoms with Gasteiger partial charge in [-0.05, 0) is 30.0 Å². The van der Waals surface area contributed by atoms with Crippen molar-refractivity contribution in [3.63, 3.8) is 0 Å². The van der Waals surface area contributed by atoms with Crippen molar-refractivity contribution in [3.05, 3.63) is 28.7 Å². The number of carbonyl (C=O) groups excluding carboxylic acids is 2. The topological polar surface area (TPSA) is 78.4 Å². The number of halogens is 1. The van der Waals surface area contributed by atoms with Gasteiger partial charge in [0.1, 0.15) is 0 Å². The maximum atomic E-state index is 11.7. The lowest BCUT2D eigenvalue weighted by atomic mass is 9.90. The molecule has 0 aliphatic rings. The molecule has 0 radical (unpaired) electrons. The lowest BCUT2D eigenvalue weighted by Crippen LogP contribution is -2.40. The van der Waals surface area contributed by atoms with E-state index in [0.29, 0.717) is 18.7 Å². The molecule has 2 amide bonds. The van der Waals surface area contributed by atoms with Gasteiger partial charge in [0, 0.05) is 23.3 Å². The third-order valence-electron chi connectivity index (χ3n) is 2.80. The Morgan fingerprint density at radius 2 is 2.00 bits per heavy atom. The number of amides is 2. The molecule has 0 saturated heterocycles. The monoisotopic (exact) mass is 342 g/mol. The number of hydrogen-bond acceptors (Lipinski definition) is 3. The second-order valence-electron chi connectivity index (χ2n) is 5.28. The number of rotatable bonds is 5. The van der Waals surface area contributed by atoms with Crippen LogP contribution in [0, 0.1) is 5.41 Å². The summed E-state index contributed by atoms with van der Waals surface area (Å²) in [6.07, 6.45) is 0.556. The molecule has 1 aromatic carbocycles. The molecule has 5 nitrogen and oxygen atoms in total. The minimum atomic E-state index is -0.706.